The lowest BCUT2D eigenvalue weighted by atomic mass is 10.2. The molecule has 2 rings (SSSR count). The van der Waals surface area contributed by atoms with Gasteiger partial charge in [-0.15, -0.1) is 0 Å². The van der Waals surface area contributed by atoms with Crippen LogP contribution in [-0.4, -0.2) is 24.6 Å². The van der Waals surface area contributed by atoms with Crippen molar-refractivity contribution >= 4 is 29.6 Å². The van der Waals surface area contributed by atoms with Crippen LogP contribution in [0.1, 0.15) is 15.9 Å². The van der Waals surface area contributed by atoms with E-state index < -0.39 is 17.6 Å². The molecule has 2 aromatic rings. The zero-order valence-electron chi connectivity index (χ0n) is 11.9. The fourth-order valence-electron chi connectivity index (χ4n) is 1.69. The van der Waals surface area contributed by atoms with E-state index in [1.807, 2.05) is 0 Å². The normalized spacial score (nSPS) is 10.5. The summed E-state index contributed by atoms with van der Waals surface area (Å²) in [6, 6.07) is 12.2. The maximum atomic E-state index is 13.0. The molecule has 0 saturated heterocycles. The second kappa shape index (κ2) is 8.05. The highest BCUT2D eigenvalue weighted by molar-refractivity contribution is 6.33. The number of hydrogen-bond donors (Lipinski definition) is 2. The number of carbonyl (C=O) groups is 2. The van der Waals surface area contributed by atoms with E-state index in [2.05, 4.69) is 15.8 Å². The minimum Gasteiger partial charge on any atom is -0.343 e. The standard InChI is InChI=1S/C16H13ClFN3O2/c17-14-7-2-1-4-12(14)9-20-21-15(22)10-19-16(23)11-5-3-6-13(18)8-11/h1-9H,10H2,(H,19,23)(H,21,22)/b20-9-. The first-order valence-electron chi connectivity index (χ1n) is 6.66. The number of nitrogens with one attached hydrogen (secondary N) is 2. The third-order valence-electron chi connectivity index (χ3n) is 2.79. The molecule has 2 N–H and O–H groups in total. The first-order valence-corrected chi connectivity index (χ1v) is 7.04. The molecule has 0 aliphatic carbocycles. The molecule has 2 aromatic carbocycles. The molecule has 118 valence electrons. The number of carbonyl (C=O) groups excluding carboxylic acids is 2. The molecule has 0 aromatic heterocycles. The maximum absolute atomic E-state index is 13.0. The smallest absolute Gasteiger partial charge is 0.259 e. The van der Waals surface area contributed by atoms with Crippen LogP contribution in [0.25, 0.3) is 0 Å². The number of hydrazone groups is 1. The number of benzene rings is 2. The van der Waals surface area contributed by atoms with E-state index in [1.165, 1.54) is 24.4 Å². The van der Waals surface area contributed by atoms with E-state index in [4.69, 9.17) is 11.6 Å². The molecule has 0 radical (unpaired) electrons. The van der Waals surface area contributed by atoms with Crippen molar-refractivity contribution in [1.82, 2.24) is 10.7 Å². The van der Waals surface area contributed by atoms with Gasteiger partial charge in [0.15, 0.2) is 0 Å². The lowest BCUT2D eigenvalue weighted by Crippen LogP contribution is -2.34. The summed E-state index contributed by atoms with van der Waals surface area (Å²) in [5, 5.41) is 6.62. The van der Waals surface area contributed by atoms with E-state index in [-0.39, 0.29) is 12.1 Å². The van der Waals surface area contributed by atoms with Crippen molar-refractivity contribution in [1.29, 1.82) is 0 Å². The Hall–Kier alpha value is -2.73. The van der Waals surface area contributed by atoms with E-state index in [1.54, 1.807) is 24.3 Å². The minimum atomic E-state index is -0.547. The molecule has 0 bridgehead atoms. The van der Waals surface area contributed by atoms with Gasteiger partial charge in [-0.05, 0) is 24.3 Å². The second-order valence-electron chi connectivity index (χ2n) is 4.51. The molecule has 0 fully saturated rings. The number of amides is 2. The molecule has 7 heteroatoms. The van der Waals surface area contributed by atoms with Crippen LogP contribution in [0.4, 0.5) is 4.39 Å². The van der Waals surface area contributed by atoms with Gasteiger partial charge in [-0.25, -0.2) is 9.82 Å². The summed E-state index contributed by atoms with van der Waals surface area (Å²) in [7, 11) is 0. The first-order chi connectivity index (χ1) is 11.1. The Kier molecular flexibility index (Phi) is 5.82. The summed E-state index contributed by atoms with van der Waals surface area (Å²) in [4.78, 5) is 23.3. The van der Waals surface area contributed by atoms with Crippen LogP contribution in [0.15, 0.2) is 53.6 Å². The largest absolute Gasteiger partial charge is 0.343 e. The van der Waals surface area contributed by atoms with E-state index in [0.29, 0.717) is 10.6 Å². The first kappa shape index (κ1) is 16.6. The van der Waals surface area contributed by atoms with Crippen LogP contribution in [0.5, 0.6) is 0 Å². The Labute approximate surface area is 137 Å². The molecule has 0 heterocycles. The van der Waals surface area contributed by atoms with Gasteiger partial charge >= 0.3 is 0 Å². The van der Waals surface area contributed by atoms with Crippen molar-refractivity contribution < 1.29 is 14.0 Å². The number of halogens is 2. The Morgan fingerprint density at radius 1 is 1.17 bits per heavy atom. The number of hydrogen-bond acceptors (Lipinski definition) is 3. The third-order valence-corrected chi connectivity index (χ3v) is 3.14. The van der Waals surface area contributed by atoms with Gasteiger partial charge in [0.1, 0.15) is 5.82 Å². The van der Waals surface area contributed by atoms with Crippen LogP contribution in [0.3, 0.4) is 0 Å². The van der Waals surface area contributed by atoms with Crippen LogP contribution in [-0.2, 0) is 4.79 Å². The average molecular weight is 334 g/mol. The van der Waals surface area contributed by atoms with Gasteiger partial charge in [0.2, 0.25) is 0 Å². The van der Waals surface area contributed by atoms with Gasteiger partial charge < -0.3 is 5.32 Å². The van der Waals surface area contributed by atoms with Gasteiger partial charge in [-0.2, -0.15) is 5.10 Å². The zero-order valence-corrected chi connectivity index (χ0v) is 12.7. The van der Waals surface area contributed by atoms with Gasteiger partial charge in [-0.1, -0.05) is 35.9 Å². The van der Waals surface area contributed by atoms with Crippen LogP contribution in [0, 0.1) is 5.82 Å². The summed E-state index contributed by atoms with van der Waals surface area (Å²) < 4.78 is 13.0. The fourth-order valence-corrected chi connectivity index (χ4v) is 1.87. The van der Waals surface area contributed by atoms with Gasteiger partial charge in [0, 0.05) is 16.1 Å². The summed E-state index contributed by atoms with van der Waals surface area (Å²) in [6.45, 7) is -0.283. The van der Waals surface area contributed by atoms with Crippen molar-refractivity contribution in [2.75, 3.05) is 6.54 Å². The summed E-state index contributed by atoms with van der Waals surface area (Å²) in [6.07, 6.45) is 1.40. The number of rotatable bonds is 5. The Morgan fingerprint density at radius 3 is 2.70 bits per heavy atom. The van der Waals surface area contributed by atoms with Crippen molar-refractivity contribution in [2.45, 2.75) is 0 Å². The van der Waals surface area contributed by atoms with Crippen molar-refractivity contribution in [3.63, 3.8) is 0 Å². The Bertz CT molecular complexity index is 750. The molecule has 0 atom stereocenters. The molecular weight excluding hydrogens is 321 g/mol. The summed E-state index contributed by atoms with van der Waals surface area (Å²) in [5.41, 5.74) is 3.05. The van der Waals surface area contributed by atoms with Gasteiger partial charge in [-0.3, -0.25) is 9.59 Å². The predicted molar refractivity (Wildman–Crippen MR) is 85.9 cm³/mol. The highest BCUT2D eigenvalue weighted by atomic mass is 35.5. The molecule has 0 spiro atoms. The monoisotopic (exact) mass is 333 g/mol. The summed E-state index contributed by atoms with van der Waals surface area (Å²) in [5.74, 6) is -1.58. The van der Waals surface area contributed by atoms with Crippen LogP contribution < -0.4 is 10.7 Å². The molecular formula is C16H13ClFN3O2. The summed E-state index contributed by atoms with van der Waals surface area (Å²) >= 11 is 5.93. The molecule has 23 heavy (non-hydrogen) atoms. The minimum absolute atomic E-state index is 0.136. The maximum Gasteiger partial charge on any atom is 0.259 e. The fraction of sp³-hybridized carbons (Fsp3) is 0.0625. The molecule has 0 saturated carbocycles. The predicted octanol–water partition coefficient (Wildman–Crippen LogP) is 2.36. The van der Waals surface area contributed by atoms with E-state index >= 15 is 0 Å². The van der Waals surface area contributed by atoms with Gasteiger partial charge in [0.05, 0.1) is 12.8 Å². The molecule has 0 aliphatic heterocycles. The molecule has 0 unspecified atom stereocenters. The van der Waals surface area contributed by atoms with Crippen LogP contribution >= 0.6 is 11.6 Å². The highest BCUT2D eigenvalue weighted by Gasteiger charge is 2.08. The van der Waals surface area contributed by atoms with Crippen molar-refractivity contribution in [2.24, 2.45) is 5.10 Å². The molecule has 2 amide bonds. The second-order valence-corrected chi connectivity index (χ2v) is 4.91. The lowest BCUT2D eigenvalue weighted by Gasteiger charge is -2.04. The Morgan fingerprint density at radius 2 is 1.96 bits per heavy atom. The average Bonchev–Trinajstić information content (AvgIpc) is 2.54. The zero-order chi connectivity index (χ0) is 16.7. The lowest BCUT2D eigenvalue weighted by molar-refractivity contribution is -0.120. The van der Waals surface area contributed by atoms with E-state index in [9.17, 15) is 14.0 Å². The molecule has 0 aliphatic rings. The van der Waals surface area contributed by atoms with Crippen molar-refractivity contribution in [3.05, 3.63) is 70.5 Å². The van der Waals surface area contributed by atoms with Crippen LogP contribution in [0.2, 0.25) is 5.02 Å². The topological polar surface area (TPSA) is 70.6 Å². The Balaban J connectivity index is 1.81. The SMILES string of the molecule is O=C(CNC(=O)c1cccc(F)c1)N/N=C\c1ccccc1Cl. The van der Waals surface area contributed by atoms with Gasteiger partial charge in [0.25, 0.3) is 11.8 Å². The molecule has 5 nitrogen and oxygen atoms in total. The van der Waals surface area contributed by atoms with Crippen molar-refractivity contribution in [3.8, 4) is 0 Å². The third kappa shape index (κ3) is 5.19. The quantitative estimate of drug-likeness (QED) is 0.651. The number of nitrogens with zero attached hydrogens (tertiary/aromatic N) is 1. The highest BCUT2D eigenvalue weighted by Crippen LogP contribution is 2.11. The van der Waals surface area contributed by atoms with E-state index in [0.717, 1.165) is 6.07 Å².